The molecule has 0 saturated heterocycles. The van der Waals surface area contributed by atoms with Crippen molar-refractivity contribution in [3.05, 3.63) is 22.8 Å². The molecule has 4 heteroatoms. The lowest BCUT2D eigenvalue weighted by atomic mass is 10.2. The van der Waals surface area contributed by atoms with Crippen LogP contribution in [0.3, 0.4) is 0 Å². The number of halogens is 1. The number of hydrogen-bond donors (Lipinski definition) is 1. The maximum absolute atomic E-state index is 6.11. The number of aromatic nitrogens is 1. The van der Waals surface area contributed by atoms with E-state index >= 15 is 0 Å². The monoisotopic (exact) mass is 239 g/mol. The topological polar surface area (TPSA) is 28.2 Å². The van der Waals surface area contributed by atoms with E-state index in [0.717, 1.165) is 29.5 Å². The van der Waals surface area contributed by atoms with Gasteiger partial charge in [0, 0.05) is 25.8 Å². The number of nitrogens with one attached hydrogen (secondary N) is 1. The first-order valence-electron chi connectivity index (χ1n) is 5.80. The lowest BCUT2D eigenvalue weighted by molar-refractivity contribution is 0.725. The van der Waals surface area contributed by atoms with Gasteiger partial charge in [-0.1, -0.05) is 18.5 Å². The van der Waals surface area contributed by atoms with Gasteiger partial charge < -0.3 is 10.2 Å². The Morgan fingerprint density at radius 3 is 2.94 bits per heavy atom. The van der Waals surface area contributed by atoms with Crippen molar-refractivity contribution in [3.63, 3.8) is 0 Å². The third kappa shape index (κ3) is 2.66. The standard InChI is InChI=1S/C12H18ClN3/c1-3-14-7-9-6-12(15-8-11(9)13)16(2)10-4-5-10/h6,8,10,14H,3-5,7H2,1-2H3. The summed E-state index contributed by atoms with van der Waals surface area (Å²) in [6.45, 7) is 3.85. The van der Waals surface area contributed by atoms with Gasteiger partial charge in [-0.3, -0.25) is 0 Å². The molecule has 1 aromatic heterocycles. The quantitative estimate of drug-likeness (QED) is 0.856. The molecule has 2 rings (SSSR count). The molecule has 0 atom stereocenters. The van der Waals surface area contributed by atoms with Crippen molar-refractivity contribution in [1.29, 1.82) is 0 Å². The van der Waals surface area contributed by atoms with Gasteiger partial charge in [0.05, 0.1) is 5.02 Å². The summed E-state index contributed by atoms with van der Waals surface area (Å²) in [7, 11) is 2.10. The lowest BCUT2D eigenvalue weighted by Crippen LogP contribution is -2.21. The van der Waals surface area contributed by atoms with Gasteiger partial charge in [-0.25, -0.2) is 4.98 Å². The van der Waals surface area contributed by atoms with Gasteiger partial charge in [0.25, 0.3) is 0 Å². The third-order valence-corrected chi connectivity index (χ3v) is 3.28. The van der Waals surface area contributed by atoms with Crippen molar-refractivity contribution in [2.24, 2.45) is 0 Å². The minimum atomic E-state index is 0.681. The van der Waals surface area contributed by atoms with E-state index in [4.69, 9.17) is 11.6 Å². The van der Waals surface area contributed by atoms with Gasteiger partial charge in [0.2, 0.25) is 0 Å². The molecule has 1 N–H and O–H groups in total. The Labute approximate surface area is 102 Å². The summed E-state index contributed by atoms with van der Waals surface area (Å²) in [6.07, 6.45) is 4.31. The van der Waals surface area contributed by atoms with Gasteiger partial charge in [-0.15, -0.1) is 0 Å². The van der Waals surface area contributed by atoms with Crippen molar-refractivity contribution in [1.82, 2.24) is 10.3 Å². The van der Waals surface area contributed by atoms with Gasteiger partial charge in [0.1, 0.15) is 5.82 Å². The van der Waals surface area contributed by atoms with Crippen LogP contribution in [0.25, 0.3) is 0 Å². The van der Waals surface area contributed by atoms with Gasteiger partial charge in [-0.05, 0) is 31.0 Å². The predicted octanol–water partition coefficient (Wildman–Crippen LogP) is 2.44. The second-order valence-electron chi connectivity index (χ2n) is 4.26. The Balaban J connectivity index is 2.13. The van der Waals surface area contributed by atoms with Crippen LogP contribution >= 0.6 is 11.6 Å². The van der Waals surface area contributed by atoms with Crippen LogP contribution in [0, 0.1) is 0 Å². The van der Waals surface area contributed by atoms with Gasteiger partial charge in [0.15, 0.2) is 0 Å². The molecule has 0 unspecified atom stereocenters. The Morgan fingerprint density at radius 2 is 2.31 bits per heavy atom. The number of anilines is 1. The van der Waals surface area contributed by atoms with Crippen LogP contribution in [0.1, 0.15) is 25.3 Å². The van der Waals surface area contributed by atoms with Crippen molar-refractivity contribution in [2.75, 3.05) is 18.5 Å². The Hall–Kier alpha value is -0.800. The van der Waals surface area contributed by atoms with Crippen molar-refractivity contribution < 1.29 is 0 Å². The largest absolute Gasteiger partial charge is 0.357 e. The summed E-state index contributed by atoms with van der Waals surface area (Å²) in [6, 6.07) is 2.77. The van der Waals surface area contributed by atoms with Gasteiger partial charge in [-0.2, -0.15) is 0 Å². The third-order valence-electron chi connectivity index (χ3n) is 2.94. The molecule has 16 heavy (non-hydrogen) atoms. The summed E-state index contributed by atoms with van der Waals surface area (Å²) >= 11 is 6.11. The average Bonchev–Trinajstić information content (AvgIpc) is 3.11. The SMILES string of the molecule is CCNCc1cc(N(C)C2CC2)ncc1Cl. The summed E-state index contributed by atoms with van der Waals surface area (Å²) in [4.78, 5) is 6.62. The molecule has 0 amide bonds. The second-order valence-corrected chi connectivity index (χ2v) is 4.66. The van der Waals surface area contributed by atoms with E-state index in [0.29, 0.717) is 6.04 Å². The van der Waals surface area contributed by atoms with Crippen LogP contribution in [-0.2, 0) is 6.54 Å². The molecule has 1 aliphatic carbocycles. The highest BCUT2D eigenvalue weighted by atomic mass is 35.5. The molecule has 1 fully saturated rings. The minimum absolute atomic E-state index is 0.681. The molecule has 1 saturated carbocycles. The van der Waals surface area contributed by atoms with E-state index in [1.165, 1.54) is 12.8 Å². The van der Waals surface area contributed by atoms with Crippen LogP contribution in [-0.4, -0.2) is 24.6 Å². The first-order valence-corrected chi connectivity index (χ1v) is 6.18. The van der Waals surface area contributed by atoms with Crippen LogP contribution < -0.4 is 10.2 Å². The summed E-state index contributed by atoms with van der Waals surface area (Å²) in [5.74, 6) is 1.03. The molecule has 1 aromatic rings. The fourth-order valence-corrected chi connectivity index (χ4v) is 1.87. The van der Waals surface area contributed by atoms with Crippen LogP contribution in [0.2, 0.25) is 5.02 Å². The Kier molecular flexibility index (Phi) is 3.66. The number of rotatable bonds is 5. The summed E-state index contributed by atoms with van der Waals surface area (Å²) < 4.78 is 0. The zero-order valence-electron chi connectivity index (χ0n) is 9.83. The molecular formula is C12H18ClN3. The molecule has 88 valence electrons. The summed E-state index contributed by atoms with van der Waals surface area (Å²) in [5, 5.41) is 4.03. The molecule has 3 nitrogen and oxygen atoms in total. The molecule has 0 aliphatic heterocycles. The van der Waals surface area contributed by atoms with E-state index < -0.39 is 0 Å². The molecular weight excluding hydrogens is 222 g/mol. The highest BCUT2D eigenvalue weighted by Crippen LogP contribution is 2.30. The van der Waals surface area contributed by atoms with Gasteiger partial charge >= 0.3 is 0 Å². The molecule has 0 radical (unpaired) electrons. The highest BCUT2D eigenvalue weighted by Gasteiger charge is 2.27. The summed E-state index contributed by atoms with van der Waals surface area (Å²) in [5.41, 5.74) is 1.13. The number of pyridine rings is 1. The molecule has 0 aromatic carbocycles. The normalized spacial score (nSPS) is 15.2. The fourth-order valence-electron chi connectivity index (χ4n) is 1.70. The first kappa shape index (κ1) is 11.7. The zero-order chi connectivity index (χ0) is 11.5. The lowest BCUT2D eigenvalue weighted by Gasteiger charge is -2.18. The minimum Gasteiger partial charge on any atom is -0.357 e. The van der Waals surface area contributed by atoms with E-state index in [2.05, 4.69) is 35.2 Å². The maximum atomic E-state index is 6.11. The fraction of sp³-hybridized carbons (Fsp3) is 0.583. The number of nitrogens with zero attached hydrogens (tertiary/aromatic N) is 2. The van der Waals surface area contributed by atoms with Crippen LogP contribution in [0.15, 0.2) is 12.3 Å². The van der Waals surface area contributed by atoms with Crippen molar-refractivity contribution in [2.45, 2.75) is 32.4 Å². The zero-order valence-corrected chi connectivity index (χ0v) is 10.6. The Morgan fingerprint density at radius 1 is 1.56 bits per heavy atom. The average molecular weight is 240 g/mol. The van der Waals surface area contributed by atoms with Crippen molar-refractivity contribution >= 4 is 17.4 Å². The Bertz CT molecular complexity index is 363. The molecule has 1 aliphatic rings. The van der Waals surface area contributed by atoms with Crippen molar-refractivity contribution in [3.8, 4) is 0 Å². The van der Waals surface area contributed by atoms with Crippen LogP contribution in [0.4, 0.5) is 5.82 Å². The van der Waals surface area contributed by atoms with E-state index in [-0.39, 0.29) is 0 Å². The molecule has 1 heterocycles. The smallest absolute Gasteiger partial charge is 0.128 e. The van der Waals surface area contributed by atoms with E-state index in [9.17, 15) is 0 Å². The second kappa shape index (κ2) is 5.02. The molecule has 0 spiro atoms. The first-order chi connectivity index (χ1) is 7.72. The predicted molar refractivity (Wildman–Crippen MR) is 68.1 cm³/mol. The number of hydrogen-bond acceptors (Lipinski definition) is 3. The highest BCUT2D eigenvalue weighted by molar-refractivity contribution is 6.31. The maximum Gasteiger partial charge on any atom is 0.128 e. The molecule has 0 bridgehead atoms. The van der Waals surface area contributed by atoms with Crippen LogP contribution in [0.5, 0.6) is 0 Å². The van der Waals surface area contributed by atoms with E-state index in [1.807, 2.05) is 0 Å². The van der Waals surface area contributed by atoms with E-state index in [1.54, 1.807) is 6.20 Å².